The molecule has 0 atom stereocenters. The number of rotatable bonds is 9. The molecule has 0 N–H and O–H groups in total. The molecule has 0 aliphatic heterocycles. The molecule has 0 fully saturated rings. The van der Waals surface area contributed by atoms with E-state index in [4.69, 9.17) is 0 Å². The molecule has 0 bridgehead atoms. The van der Waals surface area contributed by atoms with Crippen molar-refractivity contribution < 1.29 is 0 Å². The Morgan fingerprint density at radius 2 is 0.657 bits per heavy atom. The summed E-state index contributed by atoms with van der Waals surface area (Å²) in [6.07, 6.45) is 0. The lowest BCUT2D eigenvalue weighted by atomic mass is 9.68. The highest BCUT2D eigenvalue weighted by Crippen LogP contribution is 2.59. The van der Waals surface area contributed by atoms with Crippen molar-refractivity contribution in [3.8, 4) is 55.6 Å². The van der Waals surface area contributed by atoms with Crippen LogP contribution in [0, 0.1) is 0 Å². The van der Waals surface area contributed by atoms with Gasteiger partial charge in [-0.3, -0.25) is 0 Å². The molecule has 0 saturated heterocycles. The van der Waals surface area contributed by atoms with E-state index in [1.807, 2.05) is 0 Å². The van der Waals surface area contributed by atoms with E-state index in [1.54, 1.807) is 0 Å². The zero-order chi connectivity index (χ0) is 46.4. The van der Waals surface area contributed by atoms with Crippen molar-refractivity contribution >= 4 is 38.6 Å². The molecule has 0 radical (unpaired) electrons. The average molecular weight is 890 g/mol. The van der Waals surface area contributed by atoms with Gasteiger partial charge in [-0.05, 0) is 130 Å². The van der Waals surface area contributed by atoms with Gasteiger partial charge in [0, 0.05) is 16.9 Å². The van der Waals surface area contributed by atoms with Gasteiger partial charge < -0.3 is 4.90 Å². The van der Waals surface area contributed by atoms with Gasteiger partial charge in [0.05, 0.1) is 11.1 Å². The van der Waals surface area contributed by atoms with Gasteiger partial charge in [-0.25, -0.2) is 0 Å². The topological polar surface area (TPSA) is 3.24 Å². The summed E-state index contributed by atoms with van der Waals surface area (Å²) in [5.41, 5.74) is 20.0. The Balaban J connectivity index is 1.01. The zero-order valence-corrected chi connectivity index (χ0v) is 38.6. The SMILES string of the molecule is c1ccc(-c2ccc(N(c3ccc(-c4ccc5c(c4)c(-c4ccccc4)c(-c4ccccc4)c4ccccc45)cc3)c3cccc4c3-c3ccccc3C4(c3ccccc3)c3ccccc3)cc2)cc1. The molecule has 0 unspecified atom stereocenters. The normalized spacial score (nSPS) is 12.4. The first-order valence-electron chi connectivity index (χ1n) is 24.3. The first kappa shape index (κ1) is 41.2. The molecular weight excluding hydrogens is 843 g/mol. The fraction of sp³-hybridized carbons (Fsp3) is 0.0145. The van der Waals surface area contributed by atoms with Gasteiger partial charge in [0.2, 0.25) is 0 Å². The molecule has 0 heterocycles. The van der Waals surface area contributed by atoms with Crippen LogP contribution in [0.15, 0.2) is 285 Å². The van der Waals surface area contributed by atoms with Gasteiger partial charge in [-0.15, -0.1) is 0 Å². The van der Waals surface area contributed by atoms with Crippen LogP contribution in [-0.4, -0.2) is 0 Å². The summed E-state index contributed by atoms with van der Waals surface area (Å²) in [7, 11) is 0. The smallest absolute Gasteiger partial charge is 0.0714 e. The lowest BCUT2D eigenvalue weighted by Gasteiger charge is -2.34. The summed E-state index contributed by atoms with van der Waals surface area (Å²) >= 11 is 0. The zero-order valence-electron chi connectivity index (χ0n) is 38.6. The van der Waals surface area contributed by atoms with E-state index in [0.29, 0.717) is 0 Å². The predicted molar refractivity (Wildman–Crippen MR) is 295 cm³/mol. The fourth-order valence-corrected chi connectivity index (χ4v) is 11.5. The van der Waals surface area contributed by atoms with E-state index in [1.165, 1.54) is 93.9 Å². The maximum Gasteiger partial charge on any atom is 0.0714 e. The van der Waals surface area contributed by atoms with E-state index in [-0.39, 0.29) is 0 Å². The summed E-state index contributed by atoms with van der Waals surface area (Å²) in [6.45, 7) is 0. The largest absolute Gasteiger partial charge is 0.310 e. The number of hydrogen-bond donors (Lipinski definition) is 0. The number of fused-ring (bicyclic) bond motifs is 6. The van der Waals surface area contributed by atoms with Crippen LogP contribution in [0.25, 0.3) is 77.2 Å². The van der Waals surface area contributed by atoms with Crippen LogP contribution in [0.2, 0.25) is 0 Å². The predicted octanol–water partition coefficient (Wildman–Crippen LogP) is 18.5. The van der Waals surface area contributed by atoms with Crippen LogP contribution in [-0.2, 0) is 5.41 Å². The molecule has 0 saturated carbocycles. The Morgan fingerprint density at radius 1 is 0.243 bits per heavy atom. The Hall–Kier alpha value is -9.04. The van der Waals surface area contributed by atoms with Crippen LogP contribution in [0.5, 0.6) is 0 Å². The number of nitrogens with zero attached hydrogens (tertiary/aromatic N) is 1. The second-order valence-electron chi connectivity index (χ2n) is 18.3. The van der Waals surface area contributed by atoms with Gasteiger partial charge in [0.15, 0.2) is 0 Å². The Labute approximate surface area is 409 Å². The highest BCUT2D eigenvalue weighted by Gasteiger charge is 2.47. The molecule has 328 valence electrons. The van der Waals surface area contributed by atoms with E-state index in [9.17, 15) is 0 Å². The van der Waals surface area contributed by atoms with Crippen molar-refractivity contribution in [2.24, 2.45) is 0 Å². The molecule has 1 aliphatic carbocycles. The van der Waals surface area contributed by atoms with Crippen molar-refractivity contribution in [1.29, 1.82) is 0 Å². The maximum absolute atomic E-state index is 2.46. The monoisotopic (exact) mass is 889 g/mol. The quantitative estimate of drug-likeness (QED) is 0.131. The molecule has 70 heavy (non-hydrogen) atoms. The van der Waals surface area contributed by atoms with Crippen molar-refractivity contribution in [2.75, 3.05) is 4.90 Å². The van der Waals surface area contributed by atoms with E-state index in [2.05, 4.69) is 290 Å². The molecule has 1 nitrogen and oxygen atoms in total. The standard InChI is InChI=1S/C69H47N/c1-6-21-48(22-7-1)49-37-42-56(43-38-49)70(65-36-20-35-64-68(65)61-33-18-19-34-63(61)69(64,54-27-12-4-13-28-54)55-29-14-5-15-30-55)57-44-39-50(40-45-57)53-41-46-59-58-31-16-17-32-60(58)66(51-23-8-2-9-24-51)67(62(59)47-53)52-25-10-3-11-26-52/h1-47H. The van der Waals surface area contributed by atoms with Crippen molar-refractivity contribution in [3.63, 3.8) is 0 Å². The van der Waals surface area contributed by atoms with Gasteiger partial charge in [0.25, 0.3) is 0 Å². The maximum atomic E-state index is 2.46. The molecule has 1 heteroatoms. The van der Waals surface area contributed by atoms with Crippen LogP contribution in [0.4, 0.5) is 17.1 Å². The summed E-state index contributed by atoms with van der Waals surface area (Å²) in [4.78, 5) is 2.46. The minimum absolute atomic E-state index is 0.516. The number of anilines is 3. The summed E-state index contributed by atoms with van der Waals surface area (Å²) in [6, 6.07) is 105. The Morgan fingerprint density at radius 3 is 1.24 bits per heavy atom. The van der Waals surface area contributed by atoms with E-state index >= 15 is 0 Å². The van der Waals surface area contributed by atoms with Gasteiger partial charge in [-0.2, -0.15) is 0 Å². The third kappa shape index (κ3) is 6.70. The van der Waals surface area contributed by atoms with Crippen LogP contribution in [0.1, 0.15) is 22.3 Å². The van der Waals surface area contributed by atoms with Gasteiger partial charge >= 0.3 is 0 Å². The first-order chi connectivity index (χ1) is 34.8. The summed E-state index contributed by atoms with van der Waals surface area (Å²) in [5, 5.41) is 5.01. The minimum Gasteiger partial charge on any atom is -0.310 e. The second kappa shape index (κ2) is 17.2. The van der Waals surface area contributed by atoms with Crippen molar-refractivity contribution in [3.05, 3.63) is 307 Å². The minimum atomic E-state index is -0.516. The molecule has 0 amide bonds. The molecule has 0 aromatic heterocycles. The van der Waals surface area contributed by atoms with Crippen LogP contribution >= 0.6 is 0 Å². The van der Waals surface area contributed by atoms with Crippen molar-refractivity contribution in [2.45, 2.75) is 5.41 Å². The van der Waals surface area contributed by atoms with Crippen LogP contribution < -0.4 is 4.90 Å². The molecule has 0 spiro atoms. The van der Waals surface area contributed by atoms with E-state index in [0.717, 1.165) is 22.6 Å². The summed E-state index contributed by atoms with van der Waals surface area (Å²) < 4.78 is 0. The van der Waals surface area contributed by atoms with E-state index < -0.39 is 5.41 Å². The molecule has 12 aromatic rings. The average Bonchev–Trinajstić information content (AvgIpc) is 3.76. The Kier molecular flexibility index (Phi) is 10.1. The van der Waals surface area contributed by atoms with Gasteiger partial charge in [-0.1, -0.05) is 249 Å². The lowest BCUT2D eigenvalue weighted by Crippen LogP contribution is -2.28. The highest BCUT2D eigenvalue weighted by molar-refractivity contribution is 6.22. The summed E-state index contributed by atoms with van der Waals surface area (Å²) in [5.74, 6) is 0. The third-order valence-corrected chi connectivity index (χ3v) is 14.5. The second-order valence-corrected chi connectivity index (χ2v) is 18.3. The molecule has 12 aromatic carbocycles. The molecular formula is C69H47N. The van der Waals surface area contributed by atoms with Gasteiger partial charge in [0.1, 0.15) is 0 Å². The molecule has 13 rings (SSSR count). The highest BCUT2D eigenvalue weighted by atomic mass is 15.1. The van der Waals surface area contributed by atoms with Crippen LogP contribution in [0.3, 0.4) is 0 Å². The number of benzene rings is 12. The Bertz CT molecular complexity index is 3790. The lowest BCUT2D eigenvalue weighted by molar-refractivity contribution is 0.768. The third-order valence-electron chi connectivity index (χ3n) is 14.5. The van der Waals surface area contributed by atoms with Crippen molar-refractivity contribution in [1.82, 2.24) is 0 Å². The fourth-order valence-electron chi connectivity index (χ4n) is 11.5. The molecule has 1 aliphatic rings. The first-order valence-corrected chi connectivity index (χ1v) is 24.3. The number of hydrogen-bond acceptors (Lipinski definition) is 1.